The number of amides is 1. The number of aryl methyl sites for hydroxylation is 1. The molecule has 45 heavy (non-hydrogen) atoms. The number of benzene rings is 2. The molecule has 1 saturated heterocycles. The summed E-state index contributed by atoms with van der Waals surface area (Å²) in [4.78, 5) is 29.9. The Labute approximate surface area is 264 Å². The van der Waals surface area contributed by atoms with Crippen LogP contribution in [0.15, 0.2) is 6.07 Å². The largest absolute Gasteiger partial charge is 0.504 e. The van der Waals surface area contributed by atoms with Crippen LogP contribution in [0.2, 0.25) is 0 Å². The van der Waals surface area contributed by atoms with Crippen molar-refractivity contribution >= 4 is 11.9 Å². The molecule has 2 N–H and O–H groups in total. The van der Waals surface area contributed by atoms with Crippen LogP contribution in [-0.2, 0) is 22.4 Å². The number of carbonyl (C=O) groups excluding carboxylic acids is 2. The molecule has 240 valence electrons. The van der Waals surface area contributed by atoms with Crippen LogP contribution in [0.5, 0.6) is 28.7 Å². The van der Waals surface area contributed by atoms with Crippen LogP contribution < -0.4 is 24.3 Å². The molecule has 0 radical (unpaired) electrons. The van der Waals surface area contributed by atoms with Gasteiger partial charge in [-0.05, 0) is 51.3 Å². The first kappa shape index (κ1) is 31.0. The maximum Gasteiger partial charge on any atom is 0.308 e. The Hall–Kier alpha value is -4.01. The van der Waals surface area contributed by atoms with E-state index in [-0.39, 0.29) is 43.1 Å². The van der Waals surface area contributed by atoms with Crippen molar-refractivity contribution in [3.8, 4) is 34.8 Å². The maximum absolute atomic E-state index is 13.1. The zero-order valence-electron chi connectivity index (χ0n) is 26.9. The number of phenols is 1. The molecule has 0 spiro atoms. The number of nitrogens with one attached hydrogen (secondary N) is 1. The SMILES string of the molecule is CCCCCC(=O)NC[C@H]1c2c(c(OC(C)=O)c(C)c3c2OCO3)CC2[C@@H]3c4c(cc(C)c(OC)c4O)C[C@H]([C@H](C#N)N21)N3C. The quantitative estimate of drug-likeness (QED) is 0.253. The summed E-state index contributed by atoms with van der Waals surface area (Å²) in [5.74, 6) is 1.50. The molecule has 2 aromatic carbocycles. The molecule has 2 bridgehead atoms. The van der Waals surface area contributed by atoms with Gasteiger partial charge in [0.2, 0.25) is 12.7 Å². The van der Waals surface area contributed by atoms with E-state index in [2.05, 4.69) is 34.2 Å². The Balaban J connectivity index is 1.55. The number of ether oxygens (including phenoxy) is 4. The predicted molar refractivity (Wildman–Crippen MR) is 165 cm³/mol. The van der Waals surface area contributed by atoms with Gasteiger partial charge in [0, 0.05) is 54.2 Å². The minimum absolute atomic E-state index is 0.0156. The normalized spacial score (nSPS) is 24.6. The molecule has 1 fully saturated rings. The number of phenolic OH excluding ortho intramolecular Hbond substituents is 1. The zero-order valence-corrected chi connectivity index (χ0v) is 26.9. The molecule has 6 rings (SSSR count). The third kappa shape index (κ3) is 4.95. The number of nitrogens with zero attached hydrogens (tertiary/aromatic N) is 3. The minimum atomic E-state index is -0.541. The van der Waals surface area contributed by atoms with E-state index in [9.17, 15) is 20.0 Å². The smallest absolute Gasteiger partial charge is 0.308 e. The molecule has 4 heterocycles. The van der Waals surface area contributed by atoms with Crippen LogP contribution in [0, 0.1) is 25.2 Å². The number of fused-ring (bicyclic) bond motifs is 9. The highest BCUT2D eigenvalue weighted by Gasteiger charge is 2.56. The summed E-state index contributed by atoms with van der Waals surface area (Å²) in [5.41, 5.74) is 4.82. The molecule has 1 amide bonds. The number of carbonyl (C=O) groups is 2. The van der Waals surface area contributed by atoms with Crippen LogP contribution in [0.25, 0.3) is 0 Å². The average Bonchev–Trinajstić information content (AvgIpc) is 3.49. The maximum atomic E-state index is 13.1. The number of nitriles is 1. The van der Waals surface area contributed by atoms with Gasteiger partial charge in [-0.1, -0.05) is 25.8 Å². The fourth-order valence-corrected chi connectivity index (χ4v) is 8.15. The van der Waals surface area contributed by atoms with E-state index >= 15 is 0 Å². The zero-order chi connectivity index (χ0) is 32.2. The number of methoxy groups -OCH3 is 1. The molecule has 4 aliphatic rings. The van der Waals surface area contributed by atoms with Crippen molar-refractivity contribution in [1.29, 1.82) is 5.26 Å². The first-order valence-corrected chi connectivity index (χ1v) is 15.8. The molecule has 1 unspecified atom stereocenters. The van der Waals surface area contributed by atoms with Crippen molar-refractivity contribution in [2.75, 3.05) is 27.5 Å². The van der Waals surface area contributed by atoms with Crippen molar-refractivity contribution in [2.45, 2.75) is 96.4 Å². The van der Waals surface area contributed by atoms with E-state index in [1.165, 1.54) is 6.92 Å². The second kappa shape index (κ2) is 12.1. The first-order chi connectivity index (χ1) is 21.6. The van der Waals surface area contributed by atoms with Crippen molar-refractivity contribution in [3.63, 3.8) is 0 Å². The summed E-state index contributed by atoms with van der Waals surface area (Å²) < 4.78 is 23.5. The number of hydrogen-bond donors (Lipinski definition) is 2. The Morgan fingerprint density at radius 2 is 1.89 bits per heavy atom. The summed E-state index contributed by atoms with van der Waals surface area (Å²) in [5, 5.41) is 25.6. The highest BCUT2D eigenvalue weighted by molar-refractivity contribution is 5.76. The summed E-state index contributed by atoms with van der Waals surface area (Å²) >= 11 is 0. The van der Waals surface area contributed by atoms with Crippen LogP contribution in [0.4, 0.5) is 0 Å². The van der Waals surface area contributed by atoms with Gasteiger partial charge in [-0.2, -0.15) is 5.26 Å². The van der Waals surface area contributed by atoms with E-state index in [1.807, 2.05) is 20.9 Å². The minimum Gasteiger partial charge on any atom is -0.504 e. The number of hydrogen-bond acceptors (Lipinski definition) is 10. The molecule has 5 atom stereocenters. The number of esters is 1. The fraction of sp³-hybridized carbons (Fsp3) is 0.559. The van der Waals surface area contributed by atoms with Gasteiger partial charge in [-0.3, -0.25) is 19.4 Å². The Kier molecular flexibility index (Phi) is 8.31. The van der Waals surface area contributed by atoms with Crippen LogP contribution in [0.1, 0.15) is 85.0 Å². The van der Waals surface area contributed by atoms with E-state index in [0.29, 0.717) is 47.8 Å². The first-order valence-electron chi connectivity index (χ1n) is 15.8. The van der Waals surface area contributed by atoms with Crippen molar-refractivity contribution < 1.29 is 33.6 Å². The van der Waals surface area contributed by atoms with Gasteiger partial charge in [0.1, 0.15) is 11.8 Å². The lowest BCUT2D eigenvalue weighted by Crippen LogP contribution is -2.68. The average molecular weight is 619 g/mol. The number of unbranched alkanes of at least 4 members (excludes halogenated alkanes) is 2. The van der Waals surface area contributed by atoms with Gasteiger partial charge < -0.3 is 29.4 Å². The van der Waals surface area contributed by atoms with Gasteiger partial charge in [-0.15, -0.1) is 0 Å². The highest BCUT2D eigenvalue weighted by Crippen LogP contribution is 2.58. The van der Waals surface area contributed by atoms with Gasteiger partial charge in [0.15, 0.2) is 23.0 Å². The van der Waals surface area contributed by atoms with Crippen LogP contribution in [-0.4, -0.2) is 72.4 Å². The number of aromatic hydroxyl groups is 1. The Bertz CT molecular complexity index is 1580. The molecule has 11 nitrogen and oxygen atoms in total. The van der Waals surface area contributed by atoms with Crippen LogP contribution >= 0.6 is 0 Å². The second-order valence-electron chi connectivity index (χ2n) is 12.6. The van der Waals surface area contributed by atoms with E-state index < -0.39 is 18.1 Å². The molecule has 11 heteroatoms. The summed E-state index contributed by atoms with van der Waals surface area (Å²) in [7, 11) is 3.55. The monoisotopic (exact) mass is 618 g/mol. The Morgan fingerprint density at radius 1 is 1.13 bits per heavy atom. The molecule has 0 aromatic heterocycles. The van der Waals surface area contributed by atoms with Crippen molar-refractivity contribution in [2.24, 2.45) is 0 Å². The number of likely N-dealkylation sites (N-methyl/N-ethyl adjacent to an activating group) is 1. The van der Waals surface area contributed by atoms with Gasteiger partial charge in [0.25, 0.3) is 0 Å². The third-order valence-corrected chi connectivity index (χ3v) is 10.0. The lowest BCUT2D eigenvalue weighted by molar-refractivity contribution is -0.132. The summed E-state index contributed by atoms with van der Waals surface area (Å²) in [6, 6.07) is 2.83. The van der Waals surface area contributed by atoms with Crippen molar-refractivity contribution in [1.82, 2.24) is 15.1 Å². The Morgan fingerprint density at radius 3 is 2.58 bits per heavy atom. The van der Waals surface area contributed by atoms with Gasteiger partial charge in [0.05, 0.1) is 25.3 Å². The van der Waals surface area contributed by atoms with E-state index in [4.69, 9.17) is 18.9 Å². The number of piperazine rings is 1. The number of rotatable bonds is 8. The molecule has 0 saturated carbocycles. The van der Waals surface area contributed by atoms with Crippen molar-refractivity contribution in [3.05, 3.63) is 39.4 Å². The summed E-state index contributed by atoms with van der Waals surface area (Å²) in [6.45, 7) is 7.47. The lowest BCUT2D eigenvalue weighted by Gasteiger charge is -2.60. The standard InChI is InChI=1S/C34H42N4O7/c1-7-8-9-10-26(40)36-15-25-28-21(32(45-19(4)39)18(3)33-34(28)44-16-43-33)13-23-29-27-20(11-17(2)31(42-6)30(27)41)12-22(37(29)5)24(14-35)38(23)25/h11,22-25,29,41H,7-10,12-13,15-16H2,1-6H3,(H,36,40)/t22-,23?,24+,25+,29-/m1/s1. The third-order valence-electron chi connectivity index (χ3n) is 10.0. The molecule has 4 aliphatic heterocycles. The highest BCUT2D eigenvalue weighted by atomic mass is 16.7. The second-order valence-corrected chi connectivity index (χ2v) is 12.6. The predicted octanol–water partition coefficient (Wildman–Crippen LogP) is 4.14. The van der Waals surface area contributed by atoms with Gasteiger partial charge >= 0.3 is 5.97 Å². The van der Waals surface area contributed by atoms with E-state index in [0.717, 1.165) is 47.1 Å². The van der Waals surface area contributed by atoms with E-state index in [1.54, 1.807) is 7.11 Å². The molecular weight excluding hydrogens is 576 g/mol. The lowest BCUT2D eigenvalue weighted by atomic mass is 9.71. The van der Waals surface area contributed by atoms with Gasteiger partial charge in [-0.25, -0.2) is 0 Å². The molecule has 2 aromatic rings. The topological polar surface area (TPSA) is 134 Å². The molecular formula is C34H42N4O7. The molecule has 0 aliphatic carbocycles. The summed E-state index contributed by atoms with van der Waals surface area (Å²) in [6.07, 6.45) is 4.16. The fourth-order valence-electron chi connectivity index (χ4n) is 8.15. The van der Waals surface area contributed by atoms with Crippen LogP contribution in [0.3, 0.4) is 0 Å².